The van der Waals surface area contributed by atoms with E-state index in [1.54, 1.807) is 4.90 Å². The number of aliphatic imine (C=N–C) groups is 1. The van der Waals surface area contributed by atoms with Crippen LogP contribution >= 0.6 is 24.0 Å². The van der Waals surface area contributed by atoms with Gasteiger partial charge in [-0.25, -0.2) is 18.2 Å². The van der Waals surface area contributed by atoms with Crippen LogP contribution in [-0.4, -0.2) is 31.6 Å². The number of hydrogen-bond acceptors (Lipinski definition) is 3. The number of benzene rings is 2. The second-order valence-corrected chi connectivity index (χ2v) is 6.76. The first-order valence-electron chi connectivity index (χ1n) is 9.44. The summed E-state index contributed by atoms with van der Waals surface area (Å²) in [5.74, 6) is -1.11. The molecule has 5 nitrogen and oxygen atoms in total. The molecule has 0 aromatic heterocycles. The molecule has 2 aromatic rings. The molecular formula is C21H23F3IN5. The van der Waals surface area contributed by atoms with Crippen LogP contribution in [0, 0.1) is 28.8 Å². The summed E-state index contributed by atoms with van der Waals surface area (Å²) in [6.45, 7) is 3.50. The highest BCUT2D eigenvalue weighted by molar-refractivity contribution is 14.0. The fraction of sp³-hybridized carbons (Fsp3) is 0.333. The third kappa shape index (κ3) is 5.78. The molecule has 1 unspecified atom stereocenters. The lowest BCUT2D eigenvalue weighted by atomic mass is 10.1. The Balaban J connectivity index is 0.00000320. The van der Waals surface area contributed by atoms with Crippen LogP contribution in [0.3, 0.4) is 0 Å². The highest BCUT2D eigenvalue weighted by Gasteiger charge is 2.27. The second kappa shape index (κ2) is 11.1. The molecule has 160 valence electrons. The van der Waals surface area contributed by atoms with Crippen molar-refractivity contribution in [2.45, 2.75) is 25.9 Å². The molecule has 0 bridgehead atoms. The van der Waals surface area contributed by atoms with Crippen LogP contribution in [0.25, 0.3) is 0 Å². The second-order valence-electron chi connectivity index (χ2n) is 6.76. The number of nitrogens with zero attached hydrogens (tertiary/aromatic N) is 3. The van der Waals surface area contributed by atoms with Crippen LogP contribution in [0.2, 0.25) is 0 Å². The van der Waals surface area contributed by atoms with Crippen molar-refractivity contribution in [2.24, 2.45) is 4.99 Å². The van der Waals surface area contributed by atoms with Crippen LogP contribution in [0.4, 0.5) is 18.9 Å². The molecule has 9 heteroatoms. The van der Waals surface area contributed by atoms with E-state index in [9.17, 15) is 13.2 Å². The number of halogens is 4. The summed E-state index contributed by atoms with van der Waals surface area (Å²) in [5.41, 5.74) is 0.671. The largest absolute Gasteiger partial charge is 0.365 e. The molecule has 0 radical (unpaired) electrons. The topological polar surface area (TPSA) is 63.5 Å². The normalized spacial score (nSPS) is 16.0. The van der Waals surface area contributed by atoms with Gasteiger partial charge in [-0.3, -0.25) is 0 Å². The van der Waals surface area contributed by atoms with Crippen LogP contribution in [-0.2, 0) is 6.54 Å². The van der Waals surface area contributed by atoms with Gasteiger partial charge in [-0.1, -0.05) is 6.07 Å². The van der Waals surface area contributed by atoms with Gasteiger partial charge in [0.25, 0.3) is 0 Å². The Labute approximate surface area is 191 Å². The Morgan fingerprint density at radius 2 is 1.93 bits per heavy atom. The molecule has 0 aliphatic carbocycles. The highest BCUT2D eigenvalue weighted by atomic mass is 127. The van der Waals surface area contributed by atoms with E-state index < -0.39 is 17.5 Å². The van der Waals surface area contributed by atoms with Crippen molar-refractivity contribution >= 4 is 35.6 Å². The summed E-state index contributed by atoms with van der Waals surface area (Å²) in [6, 6.07) is 9.89. The maximum absolute atomic E-state index is 14.0. The number of hydrogen-bond donors (Lipinski definition) is 2. The molecule has 1 aliphatic rings. The zero-order valence-electron chi connectivity index (χ0n) is 16.5. The Morgan fingerprint density at radius 3 is 2.60 bits per heavy atom. The smallest absolute Gasteiger partial charge is 0.191 e. The number of rotatable bonds is 5. The molecule has 1 atom stereocenters. The van der Waals surface area contributed by atoms with Crippen LogP contribution in [0.15, 0.2) is 41.4 Å². The van der Waals surface area contributed by atoms with Gasteiger partial charge < -0.3 is 15.5 Å². The van der Waals surface area contributed by atoms with Crippen LogP contribution in [0.1, 0.15) is 24.5 Å². The summed E-state index contributed by atoms with van der Waals surface area (Å²) < 4.78 is 42.0. The van der Waals surface area contributed by atoms with E-state index in [0.29, 0.717) is 43.1 Å². The van der Waals surface area contributed by atoms with Crippen molar-refractivity contribution in [2.75, 3.05) is 24.5 Å². The number of nitrogens with one attached hydrogen (secondary N) is 2. The van der Waals surface area contributed by atoms with Crippen molar-refractivity contribution < 1.29 is 13.2 Å². The van der Waals surface area contributed by atoms with Crippen molar-refractivity contribution in [3.8, 4) is 6.07 Å². The lowest BCUT2D eigenvalue weighted by molar-refractivity contribution is 0.576. The van der Waals surface area contributed by atoms with E-state index >= 15 is 0 Å². The number of para-hydroxylation sites is 1. The minimum Gasteiger partial charge on any atom is -0.365 e. The van der Waals surface area contributed by atoms with Crippen molar-refractivity contribution in [3.63, 3.8) is 0 Å². The van der Waals surface area contributed by atoms with Crippen molar-refractivity contribution in [1.29, 1.82) is 5.26 Å². The molecule has 1 heterocycles. The number of guanidine groups is 1. The monoisotopic (exact) mass is 529 g/mol. The van der Waals surface area contributed by atoms with Crippen LogP contribution < -0.4 is 15.5 Å². The van der Waals surface area contributed by atoms with Crippen molar-refractivity contribution in [1.82, 2.24) is 10.6 Å². The highest BCUT2D eigenvalue weighted by Crippen LogP contribution is 2.26. The van der Waals surface area contributed by atoms with Gasteiger partial charge in [0.2, 0.25) is 0 Å². The molecule has 3 rings (SSSR count). The molecule has 0 spiro atoms. The lowest BCUT2D eigenvalue weighted by Crippen LogP contribution is -2.44. The fourth-order valence-electron chi connectivity index (χ4n) is 3.32. The molecular weight excluding hydrogens is 506 g/mol. The Morgan fingerprint density at radius 1 is 1.20 bits per heavy atom. The summed E-state index contributed by atoms with van der Waals surface area (Å²) in [7, 11) is 0. The van der Waals surface area contributed by atoms with E-state index in [2.05, 4.69) is 15.6 Å². The summed E-state index contributed by atoms with van der Waals surface area (Å²) in [5, 5.41) is 15.3. The Hall–Kier alpha value is -2.48. The summed E-state index contributed by atoms with van der Waals surface area (Å²) in [6.07, 6.45) is 0.677. The first-order chi connectivity index (χ1) is 14.0. The van der Waals surface area contributed by atoms with E-state index in [1.807, 2.05) is 13.0 Å². The van der Waals surface area contributed by atoms with E-state index in [1.165, 1.54) is 36.4 Å². The quantitative estimate of drug-likeness (QED) is 0.350. The Kier molecular flexibility index (Phi) is 8.77. The SMILES string of the molecule is CCNC(=NCc1cc(C#N)ccc1F)NC1CCN(c2c(F)cccc2F)C1.I. The minimum atomic E-state index is -0.584. The number of anilines is 1. The molecule has 1 saturated heterocycles. The maximum atomic E-state index is 14.0. The number of nitriles is 1. The van der Waals surface area contributed by atoms with E-state index in [-0.39, 0.29) is 42.3 Å². The van der Waals surface area contributed by atoms with Gasteiger partial charge in [0.1, 0.15) is 23.1 Å². The van der Waals surface area contributed by atoms with Gasteiger partial charge >= 0.3 is 0 Å². The molecule has 2 N–H and O–H groups in total. The van der Waals surface area contributed by atoms with Gasteiger partial charge in [-0.2, -0.15) is 5.26 Å². The minimum absolute atomic E-state index is 0. The standard InChI is InChI=1S/C21H22F3N5.HI/c1-2-26-21(27-12-15-10-14(11-25)6-7-17(15)22)28-16-8-9-29(13-16)20-18(23)4-3-5-19(20)24;/h3-7,10,16H,2,8-9,12-13H2,1H3,(H2,26,27,28);1H. The maximum Gasteiger partial charge on any atom is 0.191 e. The van der Waals surface area contributed by atoms with Gasteiger partial charge in [-0.05, 0) is 43.7 Å². The fourth-order valence-corrected chi connectivity index (χ4v) is 3.32. The summed E-state index contributed by atoms with van der Waals surface area (Å²) in [4.78, 5) is 6.06. The van der Waals surface area contributed by atoms with E-state index in [0.717, 1.165) is 0 Å². The third-order valence-electron chi connectivity index (χ3n) is 4.71. The first-order valence-corrected chi connectivity index (χ1v) is 9.44. The third-order valence-corrected chi connectivity index (χ3v) is 4.71. The molecule has 30 heavy (non-hydrogen) atoms. The van der Waals surface area contributed by atoms with Gasteiger partial charge in [0.15, 0.2) is 5.96 Å². The zero-order valence-corrected chi connectivity index (χ0v) is 18.8. The predicted octanol–water partition coefficient (Wildman–Crippen LogP) is 3.93. The molecule has 2 aromatic carbocycles. The van der Waals surface area contributed by atoms with Gasteiger partial charge in [-0.15, -0.1) is 24.0 Å². The van der Waals surface area contributed by atoms with Crippen LogP contribution in [0.5, 0.6) is 0 Å². The van der Waals surface area contributed by atoms with Gasteiger partial charge in [0.05, 0.1) is 18.2 Å². The average molecular weight is 529 g/mol. The zero-order chi connectivity index (χ0) is 20.8. The molecule has 1 aliphatic heterocycles. The summed E-state index contributed by atoms with van der Waals surface area (Å²) >= 11 is 0. The first kappa shape index (κ1) is 23.8. The van der Waals surface area contributed by atoms with Gasteiger partial charge in [0, 0.05) is 31.2 Å². The molecule has 0 amide bonds. The Bertz CT molecular complexity index is 924. The van der Waals surface area contributed by atoms with Crippen molar-refractivity contribution in [3.05, 3.63) is 65.0 Å². The average Bonchev–Trinajstić information content (AvgIpc) is 3.15. The van der Waals surface area contributed by atoms with E-state index in [4.69, 9.17) is 5.26 Å². The molecule has 1 fully saturated rings. The molecule has 0 saturated carbocycles. The lowest BCUT2D eigenvalue weighted by Gasteiger charge is -2.21. The predicted molar refractivity (Wildman–Crippen MR) is 121 cm³/mol.